The minimum absolute atomic E-state index is 0.189. The van der Waals surface area contributed by atoms with Gasteiger partial charge in [-0.15, -0.1) is 0 Å². The molecule has 1 aliphatic carbocycles. The number of hydrogen-bond acceptors (Lipinski definition) is 5. The number of aliphatic hydroxyl groups excluding tert-OH is 1. The fraction of sp³-hybridized carbons (Fsp3) is 1.00. The Labute approximate surface area is 110 Å². The Bertz CT molecular complexity index is 312. The van der Waals surface area contributed by atoms with Crippen molar-refractivity contribution in [2.24, 2.45) is 0 Å². The SMILES string of the molecule is CS(=O)(=O)CCCNCC(O)COC1CCCC1. The number of ether oxygens (including phenoxy) is 1. The zero-order valence-corrected chi connectivity index (χ0v) is 11.9. The zero-order chi connectivity index (χ0) is 13.4. The predicted octanol–water partition coefficient (Wildman–Crippen LogP) is 0.331. The third-order valence-corrected chi connectivity index (χ3v) is 4.11. The highest BCUT2D eigenvalue weighted by molar-refractivity contribution is 7.90. The molecular weight excluding hydrogens is 254 g/mol. The molecule has 1 atom stereocenters. The van der Waals surface area contributed by atoms with E-state index in [2.05, 4.69) is 5.32 Å². The van der Waals surface area contributed by atoms with Crippen LogP contribution in [-0.4, -0.2) is 57.4 Å². The smallest absolute Gasteiger partial charge is 0.147 e. The van der Waals surface area contributed by atoms with Crippen LogP contribution < -0.4 is 5.32 Å². The number of nitrogens with one attached hydrogen (secondary N) is 1. The van der Waals surface area contributed by atoms with Crippen molar-refractivity contribution in [1.82, 2.24) is 5.32 Å². The van der Waals surface area contributed by atoms with Gasteiger partial charge < -0.3 is 15.2 Å². The van der Waals surface area contributed by atoms with Gasteiger partial charge in [-0.3, -0.25) is 0 Å². The second kappa shape index (κ2) is 8.09. The fourth-order valence-electron chi connectivity index (χ4n) is 2.09. The minimum Gasteiger partial charge on any atom is -0.389 e. The summed E-state index contributed by atoms with van der Waals surface area (Å²) in [5, 5.41) is 12.7. The third kappa shape index (κ3) is 8.02. The molecule has 0 amide bonds. The lowest BCUT2D eigenvalue weighted by atomic mass is 10.3. The lowest BCUT2D eigenvalue weighted by Gasteiger charge is -2.15. The molecule has 0 radical (unpaired) electrons. The monoisotopic (exact) mass is 279 g/mol. The molecule has 108 valence electrons. The first-order valence-electron chi connectivity index (χ1n) is 6.65. The molecule has 1 fully saturated rings. The van der Waals surface area contributed by atoms with E-state index in [1.54, 1.807) is 0 Å². The number of sulfone groups is 1. The van der Waals surface area contributed by atoms with E-state index in [4.69, 9.17) is 4.74 Å². The molecule has 1 saturated carbocycles. The first-order chi connectivity index (χ1) is 8.47. The van der Waals surface area contributed by atoms with Crippen molar-refractivity contribution >= 4 is 9.84 Å². The normalized spacial score (nSPS) is 19.2. The molecule has 6 heteroatoms. The van der Waals surface area contributed by atoms with Gasteiger partial charge >= 0.3 is 0 Å². The Morgan fingerprint density at radius 1 is 1.39 bits per heavy atom. The summed E-state index contributed by atoms with van der Waals surface area (Å²) in [6.45, 7) is 1.42. The van der Waals surface area contributed by atoms with Gasteiger partial charge in [0, 0.05) is 12.8 Å². The van der Waals surface area contributed by atoms with Crippen LogP contribution in [0.25, 0.3) is 0 Å². The van der Waals surface area contributed by atoms with Crippen LogP contribution in [0.2, 0.25) is 0 Å². The number of hydrogen-bond donors (Lipinski definition) is 2. The molecule has 0 bridgehead atoms. The van der Waals surface area contributed by atoms with Crippen molar-refractivity contribution in [1.29, 1.82) is 0 Å². The van der Waals surface area contributed by atoms with Crippen LogP contribution in [0.3, 0.4) is 0 Å². The van der Waals surface area contributed by atoms with Crippen molar-refractivity contribution < 1.29 is 18.3 Å². The maximum absolute atomic E-state index is 10.9. The molecule has 0 aromatic heterocycles. The molecule has 0 aliphatic heterocycles. The summed E-state index contributed by atoms with van der Waals surface area (Å²) >= 11 is 0. The Hall–Kier alpha value is -0.170. The molecule has 1 aliphatic rings. The average Bonchev–Trinajstić information content (AvgIpc) is 2.77. The zero-order valence-electron chi connectivity index (χ0n) is 11.1. The topological polar surface area (TPSA) is 75.6 Å². The van der Waals surface area contributed by atoms with Crippen molar-refractivity contribution in [3.8, 4) is 0 Å². The first-order valence-corrected chi connectivity index (χ1v) is 8.71. The summed E-state index contributed by atoms with van der Waals surface area (Å²) in [5.74, 6) is 0.189. The lowest BCUT2D eigenvalue weighted by molar-refractivity contribution is -0.00532. The predicted molar refractivity (Wildman–Crippen MR) is 71.4 cm³/mol. The molecule has 0 heterocycles. The van der Waals surface area contributed by atoms with Crippen molar-refractivity contribution in [3.05, 3.63) is 0 Å². The molecule has 0 spiro atoms. The van der Waals surface area contributed by atoms with Crippen LogP contribution >= 0.6 is 0 Å². The van der Waals surface area contributed by atoms with Crippen LogP contribution in [0, 0.1) is 0 Å². The van der Waals surface area contributed by atoms with Gasteiger partial charge in [0.1, 0.15) is 9.84 Å². The second-order valence-electron chi connectivity index (χ2n) is 5.08. The van der Waals surface area contributed by atoms with Gasteiger partial charge in [0.05, 0.1) is 24.6 Å². The lowest BCUT2D eigenvalue weighted by Crippen LogP contribution is -2.32. The van der Waals surface area contributed by atoms with E-state index in [0.717, 1.165) is 12.8 Å². The van der Waals surface area contributed by atoms with Crippen LogP contribution in [-0.2, 0) is 14.6 Å². The highest BCUT2D eigenvalue weighted by Gasteiger charge is 2.16. The van der Waals surface area contributed by atoms with Crippen LogP contribution in [0.5, 0.6) is 0 Å². The van der Waals surface area contributed by atoms with E-state index in [1.807, 2.05) is 0 Å². The van der Waals surface area contributed by atoms with Gasteiger partial charge in [0.2, 0.25) is 0 Å². The Morgan fingerprint density at radius 3 is 2.67 bits per heavy atom. The summed E-state index contributed by atoms with van der Waals surface area (Å²) in [5.41, 5.74) is 0. The Balaban J connectivity index is 1.94. The summed E-state index contributed by atoms with van der Waals surface area (Å²) in [6.07, 6.45) is 6.29. The van der Waals surface area contributed by atoms with Crippen molar-refractivity contribution in [3.63, 3.8) is 0 Å². The fourth-order valence-corrected chi connectivity index (χ4v) is 2.76. The van der Waals surface area contributed by atoms with Gasteiger partial charge in [-0.2, -0.15) is 0 Å². The molecule has 0 saturated heterocycles. The van der Waals surface area contributed by atoms with Crippen LogP contribution in [0.4, 0.5) is 0 Å². The highest BCUT2D eigenvalue weighted by atomic mass is 32.2. The first kappa shape index (κ1) is 15.9. The second-order valence-corrected chi connectivity index (χ2v) is 7.34. The maximum Gasteiger partial charge on any atom is 0.147 e. The summed E-state index contributed by atoms with van der Waals surface area (Å²) in [4.78, 5) is 0. The molecule has 0 aromatic carbocycles. The van der Waals surface area contributed by atoms with E-state index in [1.165, 1.54) is 19.1 Å². The van der Waals surface area contributed by atoms with E-state index < -0.39 is 15.9 Å². The quantitative estimate of drug-likeness (QED) is 0.595. The molecular formula is C12H25NO4S. The minimum atomic E-state index is -2.87. The van der Waals surface area contributed by atoms with Crippen LogP contribution in [0.1, 0.15) is 32.1 Å². The molecule has 18 heavy (non-hydrogen) atoms. The van der Waals surface area contributed by atoms with Gasteiger partial charge in [-0.05, 0) is 25.8 Å². The molecule has 1 unspecified atom stereocenters. The van der Waals surface area contributed by atoms with E-state index >= 15 is 0 Å². The van der Waals surface area contributed by atoms with Crippen molar-refractivity contribution in [2.75, 3.05) is 31.7 Å². The molecule has 2 N–H and O–H groups in total. The van der Waals surface area contributed by atoms with Gasteiger partial charge in [0.15, 0.2) is 0 Å². The molecule has 0 aromatic rings. The largest absolute Gasteiger partial charge is 0.389 e. The van der Waals surface area contributed by atoms with Gasteiger partial charge in [-0.1, -0.05) is 12.8 Å². The Kier molecular flexibility index (Phi) is 7.14. The Morgan fingerprint density at radius 2 is 2.06 bits per heavy atom. The standard InChI is InChI=1S/C12H25NO4S/c1-18(15,16)8-4-7-13-9-11(14)10-17-12-5-2-3-6-12/h11-14H,2-10H2,1H3. The number of rotatable bonds is 9. The summed E-state index contributed by atoms with van der Waals surface area (Å²) in [6, 6.07) is 0. The third-order valence-electron chi connectivity index (χ3n) is 3.08. The van der Waals surface area contributed by atoms with Crippen LogP contribution in [0.15, 0.2) is 0 Å². The van der Waals surface area contributed by atoms with E-state index in [-0.39, 0.29) is 5.75 Å². The molecule has 1 rings (SSSR count). The maximum atomic E-state index is 10.9. The summed E-state index contributed by atoms with van der Waals surface area (Å²) in [7, 11) is -2.87. The average molecular weight is 279 g/mol. The van der Waals surface area contributed by atoms with Gasteiger partial charge in [-0.25, -0.2) is 8.42 Å². The van der Waals surface area contributed by atoms with E-state index in [0.29, 0.717) is 32.2 Å². The highest BCUT2D eigenvalue weighted by Crippen LogP contribution is 2.20. The van der Waals surface area contributed by atoms with Crippen molar-refractivity contribution in [2.45, 2.75) is 44.3 Å². The van der Waals surface area contributed by atoms with Gasteiger partial charge in [0.25, 0.3) is 0 Å². The molecule has 5 nitrogen and oxygen atoms in total. The van der Waals surface area contributed by atoms with E-state index in [9.17, 15) is 13.5 Å². The summed E-state index contributed by atoms with van der Waals surface area (Å²) < 4.78 is 27.4. The number of aliphatic hydroxyl groups is 1.